The van der Waals surface area contributed by atoms with Crippen LogP contribution in [0.2, 0.25) is 5.02 Å². The highest BCUT2D eigenvalue weighted by Gasteiger charge is 2.28. The van der Waals surface area contributed by atoms with Crippen molar-refractivity contribution in [1.29, 1.82) is 0 Å². The van der Waals surface area contributed by atoms with E-state index in [0.717, 1.165) is 16.7 Å². The smallest absolute Gasteiger partial charge is 0.242 e. The first-order chi connectivity index (χ1) is 13.8. The minimum atomic E-state index is -0.512. The van der Waals surface area contributed by atoms with Gasteiger partial charge >= 0.3 is 0 Å². The van der Waals surface area contributed by atoms with E-state index < -0.39 is 6.04 Å². The van der Waals surface area contributed by atoms with E-state index in [9.17, 15) is 9.59 Å². The summed E-state index contributed by atoms with van der Waals surface area (Å²) in [5.74, 6) is 0.189. The van der Waals surface area contributed by atoms with Crippen LogP contribution in [0.5, 0.6) is 0 Å². The highest BCUT2D eigenvalue weighted by Crippen LogP contribution is 2.17. The zero-order chi connectivity index (χ0) is 21.4. The molecule has 2 aromatic rings. The third-order valence-electron chi connectivity index (χ3n) is 4.77. The van der Waals surface area contributed by atoms with Crippen LogP contribution in [0.3, 0.4) is 0 Å². The number of hydrogen-bond donors (Lipinski definition) is 1. The van der Waals surface area contributed by atoms with Crippen LogP contribution < -0.4 is 5.32 Å². The molecule has 0 radical (unpaired) electrons. The zero-order valence-electron chi connectivity index (χ0n) is 17.7. The number of amides is 2. The van der Waals surface area contributed by atoms with Gasteiger partial charge in [0, 0.05) is 18.1 Å². The van der Waals surface area contributed by atoms with Crippen LogP contribution in [-0.2, 0) is 22.6 Å². The molecular formula is C24H31ClN2O2. The van der Waals surface area contributed by atoms with E-state index in [1.54, 1.807) is 17.0 Å². The number of carbonyl (C=O) groups is 2. The maximum absolute atomic E-state index is 13.3. The zero-order valence-corrected chi connectivity index (χ0v) is 18.5. The molecule has 0 aromatic heterocycles. The summed E-state index contributed by atoms with van der Waals surface area (Å²) in [5, 5.41) is 3.63. The first kappa shape index (κ1) is 23.0. The Balaban J connectivity index is 2.25. The van der Waals surface area contributed by atoms with Crippen molar-refractivity contribution in [3.63, 3.8) is 0 Å². The molecule has 0 aliphatic carbocycles. The Labute approximate surface area is 179 Å². The van der Waals surface area contributed by atoms with Gasteiger partial charge in [0.2, 0.25) is 11.8 Å². The number of nitrogens with one attached hydrogen (secondary N) is 1. The summed E-state index contributed by atoms with van der Waals surface area (Å²) in [7, 11) is 0. The minimum absolute atomic E-state index is 0.0582. The number of carbonyl (C=O) groups excluding carboxylic acids is 2. The Kier molecular flexibility index (Phi) is 8.71. The lowest BCUT2D eigenvalue weighted by atomic mass is 10.0. The second-order valence-electron chi connectivity index (χ2n) is 7.88. The van der Waals surface area contributed by atoms with Crippen LogP contribution in [0.25, 0.3) is 0 Å². The third-order valence-corrected chi connectivity index (χ3v) is 5.03. The Morgan fingerprint density at radius 2 is 1.76 bits per heavy atom. The molecule has 4 nitrogen and oxygen atoms in total. The second-order valence-corrected chi connectivity index (χ2v) is 8.31. The standard InChI is InChI=1S/C24H31ClN2O2/c1-5-22(24(29)26-15-17(2)3)27(16-19-9-11-21(25)12-10-19)23(28)14-20-8-6-7-18(4)13-20/h6-13,17,22H,5,14-16H2,1-4H3,(H,26,29)/t22-/m1/s1. The third kappa shape index (κ3) is 7.21. The van der Waals surface area contributed by atoms with Gasteiger partial charge in [-0.05, 0) is 42.5 Å². The Morgan fingerprint density at radius 1 is 1.07 bits per heavy atom. The van der Waals surface area contributed by atoms with Gasteiger partial charge in [0.25, 0.3) is 0 Å². The first-order valence-corrected chi connectivity index (χ1v) is 10.5. The van der Waals surface area contributed by atoms with E-state index in [-0.39, 0.29) is 18.2 Å². The van der Waals surface area contributed by atoms with Gasteiger partial charge < -0.3 is 10.2 Å². The van der Waals surface area contributed by atoms with Crippen LogP contribution in [0, 0.1) is 12.8 Å². The van der Waals surface area contributed by atoms with Gasteiger partial charge in [0.1, 0.15) is 6.04 Å². The molecule has 2 amide bonds. The Bertz CT molecular complexity index is 818. The van der Waals surface area contributed by atoms with Gasteiger partial charge in [0.05, 0.1) is 6.42 Å². The molecular weight excluding hydrogens is 384 g/mol. The molecule has 1 N–H and O–H groups in total. The monoisotopic (exact) mass is 414 g/mol. The van der Waals surface area contributed by atoms with E-state index >= 15 is 0 Å². The fraction of sp³-hybridized carbons (Fsp3) is 0.417. The van der Waals surface area contributed by atoms with Crippen LogP contribution in [-0.4, -0.2) is 29.3 Å². The van der Waals surface area contributed by atoms with Gasteiger partial charge in [-0.2, -0.15) is 0 Å². The van der Waals surface area contributed by atoms with Crippen molar-refractivity contribution in [2.24, 2.45) is 5.92 Å². The largest absolute Gasteiger partial charge is 0.354 e. The van der Waals surface area contributed by atoms with Crippen molar-refractivity contribution < 1.29 is 9.59 Å². The summed E-state index contributed by atoms with van der Waals surface area (Å²) in [6.45, 7) is 9.01. The summed E-state index contributed by atoms with van der Waals surface area (Å²) in [6.07, 6.45) is 0.820. The van der Waals surface area contributed by atoms with Gasteiger partial charge in [0.15, 0.2) is 0 Å². The predicted octanol–water partition coefficient (Wildman–Crippen LogP) is 4.77. The molecule has 0 aliphatic rings. The number of hydrogen-bond acceptors (Lipinski definition) is 2. The fourth-order valence-electron chi connectivity index (χ4n) is 3.23. The van der Waals surface area contributed by atoms with Crippen molar-refractivity contribution in [2.75, 3.05) is 6.54 Å². The van der Waals surface area contributed by atoms with Crippen molar-refractivity contribution in [3.05, 3.63) is 70.2 Å². The average molecular weight is 415 g/mol. The highest BCUT2D eigenvalue weighted by molar-refractivity contribution is 6.30. The molecule has 0 aliphatic heterocycles. The quantitative estimate of drug-likeness (QED) is 0.642. The predicted molar refractivity (Wildman–Crippen MR) is 119 cm³/mol. The molecule has 0 spiro atoms. The second kappa shape index (κ2) is 11.0. The van der Waals surface area contributed by atoms with Gasteiger partial charge in [-0.3, -0.25) is 9.59 Å². The molecule has 5 heteroatoms. The van der Waals surface area contributed by atoms with E-state index in [1.807, 2.05) is 50.2 Å². The van der Waals surface area contributed by atoms with Crippen LogP contribution in [0.1, 0.15) is 43.9 Å². The Morgan fingerprint density at radius 3 is 2.34 bits per heavy atom. The van der Waals surface area contributed by atoms with E-state index in [4.69, 9.17) is 11.6 Å². The van der Waals surface area contributed by atoms with Crippen LogP contribution in [0.15, 0.2) is 48.5 Å². The first-order valence-electron chi connectivity index (χ1n) is 10.2. The highest BCUT2D eigenvalue weighted by atomic mass is 35.5. The van der Waals surface area contributed by atoms with Crippen molar-refractivity contribution in [2.45, 2.75) is 53.1 Å². The normalized spacial score (nSPS) is 11.9. The summed E-state index contributed by atoms with van der Waals surface area (Å²) < 4.78 is 0. The SMILES string of the molecule is CC[C@H](C(=O)NCC(C)C)N(Cc1ccc(Cl)cc1)C(=O)Cc1cccc(C)c1. The van der Waals surface area contributed by atoms with E-state index in [2.05, 4.69) is 19.2 Å². The molecule has 0 saturated carbocycles. The maximum Gasteiger partial charge on any atom is 0.242 e. The number of rotatable bonds is 9. The average Bonchev–Trinajstić information content (AvgIpc) is 2.67. The van der Waals surface area contributed by atoms with Crippen LogP contribution in [0.4, 0.5) is 0 Å². The molecule has 1 atom stereocenters. The lowest BCUT2D eigenvalue weighted by molar-refractivity contribution is -0.141. The minimum Gasteiger partial charge on any atom is -0.354 e. The molecule has 2 rings (SSSR count). The molecule has 0 fully saturated rings. The Hall–Kier alpha value is -2.33. The molecule has 0 bridgehead atoms. The molecule has 2 aromatic carbocycles. The van der Waals surface area contributed by atoms with Crippen LogP contribution >= 0.6 is 11.6 Å². The molecule has 156 valence electrons. The lowest BCUT2D eigenvalue weighted by Gasteiger charge is -2.31. The fourth-order valence-corrected chi connectivity index (χ4v) is 3.35. The summed E-state index contributed by atoms with van der Waals surface area (Å²) >= 11 is 6.00. The lowest BCUT2D eigenvalue weighted by Crippen LogP contribution is -2.50. The van der Waals surface area contributed by atoms with Gasteiger partial charge in [-0.25, -0.2) is 0 Å². The van der Waals surface area contributed by atoms with Crippen molar-refractivity contribution in [3.8, 4) is 0 Å². The number of benzene rings is 2. The molecule has 0 heterocycles. The summed E-state index contributed by atoms with van der Waals surface area (Å²) in [5.41, 5.74) is 3.01. The summed E-state index contributed by atoms with van der Waals surface area (Å²) in [6, 6.07) is 14.8. The summed E-state index contributed by atoms with van der Waals surface area (Å²) in [4.78, 5) is 27.8. The molecule has 0 saturated heterocycles. The number of nitrogens with zero attached hydrogens (tertiary/aromatic N) is 1. The van der Waals surface area contributed by atoms with E-state index in [0.29, 0.717) is 30.5 Å². The molecule has 29 heavy (non-hydrogen) atoms. The van der Waals surface area contributed by atoms with Gasteiger partial charge in [-0.1, -0.05) is 74.3 Å². The van der Waals surface area contributed by atoms with Crippen molar-refractivity contribution in [1.82, 2.24) is 10.2 Å². The molecule has 0 unspecified atom stereocenters. The van der Waals surface area contributed by atoms with Crippen molar-refractivity contribution >= 4 is 23.4 Å². The maximum atomic E-state index is 13.3. The van der Waals surface area contributed by atoms with Gasteiger partial charge in [-0.15, -0.1) is 0 Å². The number of aryl methyl sites for hydroxylation is 1. The number of halogens is 1. The topological polar surface area (TPSA) is 49.4 Å². The van der Waals surface area contributed by atoms with E-state index in [1.165, 1.54) is 0 Å².